The van der Waals surface area contributed by atoms with E-state index in [1.165, 1.54) is 7.11 Å². The van der Waals surface area contributed by atoms with Crippen LogP contribution in [0.3, 0.4) is 0 Å². The topological polar surface area (TPSA) is 128 Å². The van der Waals surface area contributed by atoms with Crippen molar-refractivity contribution in [3.8, 4) is 28.8 Å². The SMILES string of the molecule is CC#CC(=O)N1CCC[C@H]1c1nc(-c2ccc(C(=O)Nc3ccccn3)c(OC)c2)c2c(N)nccn12. The first-order chi connectivity index (χ1) is 18.0. The number of anilines is 2. The van der Waals surface area contributed by atoms with Gasteiger partial charge in [-0.15, -0.1) is 0 Å². The number of nitrogen functional groups attached to an aromatic ring is 1. The molecule has 1 fully saturated rings. The molecule has 1 aromatic carbocycles. The molecule has 0 radical (unpaired) electrons. The molecule has 1 atom stereocenters. The molecule has 37 heavy (non-hydrogen) atoms. The minimum absolute atomic E-state index is 0.227. The average molecular weight is 496 g/mol. The summed E-state index contributed by atoms with van der Waals surface area (Å²) in [6.45, 7) is 2.25. The summed E-state index contributed by atoms with van der Waals surface area (Å²) in [5.41, 5.74) is 8.54. The molecule has 2 amide bonds. The zero-order chi connectivity index (χ0) is 25.9. The maximum absolute atomic E-state index is 12.9. The molecule has 0 saturated carbocycles. The van der Waals surface area contributed by atoms with E-state index in [9.17, 15) is 9.59 Å². The van der Waals surface area contributed by atoms with E-state index in [1.807, 2.05) is 4.40 Å². The van der Waals surface area contributed by atoms with Gasteiger partial charge in [-0.3, -0.25) is 14.0 Å². The van der Waals surface area contributed by atoms with Gasteiger partial charge in [0.1, 0.15) is 34.4 Å². The van der Waals surface area contributed by atoms with Gasteiger partial charge in [0.25, 0.3) is 11.8 Å². The number of hydrogen-bond acceptors (Lipinski definition) is 7. The number of rotatable bonds is 5. The summed E-state index contributed by atoms with van der Waals surface area (Å²) >= 11 is 0. The van der Waals surface area contributed by atoms with E-state index in [1.54, 1.807) is 66.8 Å². The molecule has 1 saturated heterocycles. The Kier molecular flexibility index (Phi) is 6.43. The fourth-order valence-corrected chi connectivity index (χ4v) is 4.63. The van der Waals surface area contributed by atoms with Gasteiger partial charge in [-0.05, 0) is 50.0 Å². The molecule has 4 aromatic rings. The minimum Gasteiger partial charge on any atom is -0.496 e. The first-order valence-electron chi connectivity index (χ1n) is 11.8. The van der Waals surface area contributed by atoms with Crippen molar-refractivity contribution in [2.24, 2.45) is 0 Å². The molecule has 186 valence electrons. The van der Waals surface area contributed by atoms with Gasteiger partial charge in [0.05, 0.1) is 18.7 Å². The zero-order valence-corrected chi connectivity index (χ0v) is 20.4. The third-order valence-corrected chi connectivity index (χ3v) is 6.28. The molecule has 1 aliphatic heterocycles. The molecular weight excluding hydrogens is 470 g/mol. The zero-order valence-electron chi connectivity index (χ0n) is 20.4. The number of hydrogen-bond donors (Lipinski definition) is 2. The van der Waals surface area contributed by atoms with Crippen molar-refractivity contribution in [3.63, 3.8) is 0 Å². The molecule has 3 N–H and O–H groups in total. The highest BCUT2D eigenvalue weighted by Gasteiger charge is 2.33. The number of amides is 2. The molecule has 3 aromatic heterocycles. The third-order valence-electron chi connectivity index (χ3n) is 6.28. The van der Waals surface area contributed by atoms with Gasteiger partial charge >= 0.3 is 0 Å². The van der Waals surface area contributed by atoms with Crippen LogP contribution in [0.25, 0.3) is 16.8 Å². The second kappa shape index (κ2) is 9.99. The van der Waals surface area contributed by atoms with Crippen LogP contribution < -0.4 is 15.8 Å². The summed E-state index contributed by atoms with van der Waals surface area (Å²) < 4.78 is 7.44. The van der Waals surface area contributed by atoms with Crippen LogP contribution in [0.4, 0.5) is 11.6 Å². The van der Waals surface area contributed by atoms with Crippen molar-refractivity contribution in [2.75, 3.05) is 24.7 Å². The number of nitrogens with one attached hydrogen (secondary N) is 1. The number of aromatic nitrogens is 4. The smallest absolute Gasteiger partial charge is 0.299 e. The molecular formula is C27H25N7O3. The van der Waals surface area contributed by atoms with Crippen molar-refractivity contribution in [2.45, 2.75) is 25.8 Å². The molecule has 5 rings (SSSR count). The summed E-state index contributed by atoms with van der Waals surface area (Å²) in [5, 5.41) is 2.77. The molecule has 10 heteroatoms. The summed E-state index contributed by atoms with van der Waals surface area (Å²) in [5.74, 6) is 6.53. The van der Waals surface area contributed by atoms with Crippen LogP contribution >= 0.6 is 0 Å². The molecule has 4 heterocycles. The van der Waals surface area contributed by atoms with Gasteiger partial charge < -0.3 is 20.7 Å². The Labute approximate surface area is 213 Å². The largest absolute Gasteiger partial charge is 0.496 e. The molecule has 0 spiro atoms. The number of fused-ring (bicyclic) bond motifs is 1. The van der Waals surface area contributed by atoms with Crippen LogP contribution in [0.5, 0.6) is 5.75 Å². The lowest BCUT2D eigenvalue weighted by atomic mass is 10.1. The van der Waals surface area contributed by atoms with Crippen LogP contribution in [0.1, 0.15) is 42.0 Å². The van der Waals surface area contributed by atoms with Crippen molar-refractivity contribution in [1.29, 1.82) is 0 Å². The third kappa shape index (κ3) is 4.43. The van der Waals surface area contributed by atoms with Gasteiger partial charge in [0.15, 0.2) is 0 Å². The van der Waals surface area contributed by atoms with Crippen molar-refractivity contribution >= 4 is 29.0 Å². The number of likely N-dealkylation sites (tertiary alicyclic amines) is 1. The minimum atomic E-state index is -0.351. The van der Waals surface area contributed by atoms with Gasteiger partial charge in [-0.2, -0.15) is 0 Å². The van der Waals surface area contributed by atoms with E-state index in [4.69, 9.17) is 15.5 Å². The summed E-state index contributed by atoms with van der Waals surface area (Å²) in [6.07, 6.45) is 6.60. The number of ether oxygens (including phenoxy) is 1. The highest BCUT2D eigenvalue weighted by molar-refractivity contribution is 6.06. The number of nitrogens with zero attached hydrogens (tertiary/aromatic N) is 5. The maximum Gasteiger partial charge on any atom is 0.299 e. The molecule has 0 bridgehead atoms. The van der Waals surface area contributed by atoms with Gasteiger partial charge in [-0.1, -0.05) is 18.1 Å². The monoisotopic (exact) mass is 495 g/mol. The number of nitrogens with two attached hydrogens (primary N) is 1. The maximum atomic E-state index is 12.9. The fraction of sp³-hybridized carbons (Fsp3) is 0.222. The lowest BCUT2D eigenvalue weighted by Crippen LogP contribution is -2.30. The Morgan fingerprint density at radius 1 is 1.19 bits per heavy atom. The van der Waals surface area contributed by atoms with Crippen LogP contribution in [0.2, 0.25) is 0 Å². The van der Waals surface area contributed by atoms with Gasteiger partial charge in [-0.25, -0.2) is 15.0 Å². The van der Waals surface area contributed by atoms with Crippen molar-refractivity contribution in [3.05, 3.63) is 66.4 Å². The normalized spacial score (nSPS) is 14.8. The first kappa shape index (κ1) is 23.8. The Bertz CT molecular complexity index is 1550. The molecule has 10 nitrogen and oxygen atoms in total. The lowest BCUT2D eigenvalue weighted by Gasteiger charge is -2.21. The number of carbonyl (C=O) groups is 2. The standard InChI is InChI=1S/C27H25N7O3/c1-3-7-22(35)33-14-6-8-19(33)26-32-23(24-25(28)30-13-15-34(24)26)17-10-11-18(20(16-17)37-2)27(36)31-21-9-4-5-12-29-21/h4-5,9-13,15-16,19H,6,8,14H2,1-2H3,(H2,28,30)(H,29,31,36)/t19-/m0/s1. The number of methoxy groups -OCH3 is 1. The lowest BCUT2D eigenvalue weighted by molar-refractivity contribution is -0.126. The van der Waals surface area contributed by atoms with Crippen molar-refractivity contribution in [1.82, 2.24) is 24.3 Å². The van der Waals surface area contributed by atoms with E-state index >= 15 is 0 Å². The second-order valence-corrected chi connectivity index (χ2v) is 8.47. The highest BCUT2D eigenvalue weighted by atomic mass is 16.5. The Balaban J connectivity index is 1.57. The number of benzene rings is 1. The van der Waals surface area contributed by atoms with Crippen LogP contribution in [0, 0.1) is 11.8 Å². The van der Waals surface area contributed by atoms with E-state index in [0.29, 0.717) is 52.1 Å². The molecule has 0 unspecified atom stereocenters. The quantitative estimate of drug-likeness (QED) is 0.407. The van der Waals surface area contributed by atoms with E-state index in [-0.39, 0.29) is 17.9 Å². The predicted molar refractivity (Wildman–Crippen MR) is 139 cm³/mol. The van der Waals surface area contributed by atoms with Crippen LogP contribution in [-0.4, -0.2) is 49.7 Å². The first-order valence-corrected chi connectivity index (χ1v) is 11.8. The van der Waals surface area contributed by atoms with Crippen LogP contribution in [-0.2, 0) is 4.79 Å². The van der Waals surface area contributed by atoms with Crippen molar-refractivity contribution < 1.29 is 14.3 Å². The Morgan fingerprint density at radius 2 is 2.05 bits per heavy atom. The number of carbonyl (C=O) groups excluding carboxylic acids is 2. The molecule has 0 aliphatic carbocycles. The molecule has 1 aliphatic rings. The number of pyridine rings is 1. The Morgan fingerprint density at radius 3 is 2.81 bits per heavy atom. The van der Waals surface area contributed by atoms with E-state index in [2.05, 4.69) is 27.1 Å². The second-order valence-electron chi connectivity index (χ2n) is 8.47. The predicted octanol–water partition coefficient (Wildman–Crippen LogP) is 3.32. The van der Waals surface area contributed by atoms with Gasteiger partial charge in [0.2, 0.25) is 0 Å². The summed E-state index contributed by atoms with van der Waals surface area (Å²) in [6, 6.07) is 10.2. The average Bonchev–Trinajstić information content (AvgIpc) is 3.55. The Hall–Kier alpha value is -4.91. The number of imidazole rings is 1. The van der Waals surface area contributed by atoms with E-state index < -0.39 is 0 Å². The highest BCUT2D eigenvalue weighted by Crippen LogP contribution is 2.37. The van der Waals surface area contributed by atoms with E-state index in [0.717, 1.165) is 12.8 Å². The van der Waals surface area contributed by atoms with Gasteiger partial charge in [0, 0.05) is 30.7 Å². The van der Waals surface area contributed by atoms with Crippen LogP contribution in [0.15, 0.2) is 55.0 Å². The summed E-state index contributed by atoms with van der Waals surface area (Å²) in [7, 11) is 1.50. The summed E-state index contributed by atoms with van der Waals surface area (Å²) in [4.78, 5) is 40.6. The fourth-order valence-electron chi connectivity index (χ4n) is 4.63.